The van der Waals surface area contributed by atoms with Crippen molar-refractivity contribution in [2.24, 2.45) is 0 Å². The van der Waals surface area contributed by atoms with Gasteiger partial charge in [0.15, 0.2) is 0 Å². The van der Waals surface area contributed by atoms with Crippen LogP contribution < -0.4 is 0 Å². The molecule has 0 bridgehead atoms. The predicted octanol–water partition coefficient (Wildman–Crippen LogP) is 2.04. The molecule has 0 unspecified atom stereocenters. The first-order valence-corrected chi connectivity index (χ1v) is 9.33. The van der Waals surface area contributed by atoms with Crippen LogP contribution in [0, 0.1) is 0 Å². The molecule has 1 heterocycles. The molecular weight excluding hydrogens is 302 g/mol. The number of rotatable bonds is 3. The minimum absolute atomic E-state index is 0.225. The van der Waals surface area contributed by atoms with E-state index in [1.807, 2.05) is 11.9 Å². The fraction of sp³-hybridized carbons (Fsp3) is 0.867. The van der Waals surface area contributed by atoms with Crippen molar-refractivity contribution in [3.63, 3.8) is 0 Å². The molecule has 6 heteroatoms. The Labute approximate surface area is 138 Å². The molecule has 1 saturated carbocycles. The van der Waals surface area contributed by atoms with E-state index in [4.69, 9.17) is 12.2 Å². The predicted molar refractivity (Wildman–Crippen MR) is 93.8 cm³/mol. The summed E-state index contributed by atoms with van der Waals surface area (Å²) in [6.07, 6.45) is 6.16. The zero-order valence-electron chi connectivity index (χ0n) is 13.2. The van der Waals surface area contributed by atoms with Gasteiger partial charge < -0.3 is 14.7 Å². The number of carbonyl (C=O) groups is 1. The second kappa shape index (κ2) is 8.34. The molecule has 21 heavy (non-hydrogen) atoms. The van der Waals surface area contributed by atoms with E-state index in [1.54, 1.807) is 0 Å². The van der Waals surface area contributed by atoms with E-state index in [0.29, 0.717) is 11.8 Å². The van der Waals surface area contributed by atoms with E-state index in [2.05, 4.69) is 16.8 Å². The molecule has 2 fully saturated rings. The van der Waals surface area contributed by atoms with Crippen LogP contribution in [0.25, 0.3) is 0 Å². The molecule has 1 saturated heterocycles. The highest BCUT2D eigenvalue weighted by Gasteiger charge is 2.23. The van der Waals surface area contributed by atoms with Gasteiger partial charge in [0.05, 0.1) is 5.75 Å². The summed E-state index contributed by atoms with van der Waals surface area (Å²) in [4.78, 5) is 18.8. The smallest absolute Gasteiger partial charge is 0.233 e. The Morgan fingerprint density at radius 1 is 1.19 bits per heavy atom. The van der Waals surface area contributed by atoms with Gasteiger partial charge in [0.2, 0.25) is 5.91 Å². The molecule has 1 aliphatic carbocycles. The number of amides is 1. The summed E-state index contributed by atoms with van der Waals surface area (Å²) in [6, 6.07) is 0.448. The first kappa shape index (κ1) is 17.0. The summed E-state index contributed by atoms with van der Waals surface area (Å²) in [5, 5.41) is 0. The molecule has 120 valence electrons. The average molecular weight is 330 g/mol. The maximum Gasteiger partial charge on any atom is 0.233 e. The summed E-state index contributed by atoms with van der Waals surface area (Å²) < 4.78 is 0.883. The van der Waals surface area contributed by atoms with E-state index in [1.165, 1.54) is 31.0 Å². The summed E-state index contributed by atoms with van der Waals surface area (Å²) in [7, 11) is 4.09. The lowest BCUT2D eigenvalue weighted by atomic mass is 9.94. The van der Waals surface area contributed by atoms with Crippen molar-refractivity contribution in [1.29, 1.82) is 0 Å². The zero-order chi connectivity index (χ0) is 15.2. The van der Waals surface area contributed by atoms with Crippen LogP contribution in [0.4, 0.5) is 0 Å². The first-order chi connectivity index (χ1) is 10.1. The summed E-state index contributed by atoms with van der Waals surface area (Å²) in [6.45, 7) is 4.07. The van der Waals surface area contributed by atoms with Crippen molar-refractivity contribution in [2.45, 2.75) is 38.1 Å². The zero-order valence-corrected chi connectivity index (χ0v) is 14.8. The van der Waals surface area contributed by atoms with Gasteiger partial charge in [0.1, 0.15) is 4.32 Å². The fourth-order valence-corrected chi connectivity index (χ4v) is 4.15. The second-order valence-electron chi connectivity index (χ2n) is 6.14. The molecule has 1 amide bonds. The van der Waals surface area contributed by atoms with Gasteiger partial charge >= 0.3 is 0 Å². The van der Waals surface area contributed by atoms with Crippen LogP contribution in [0.5, 0.6) is 0 Å². The molecule has 0 aromatic heterocycles. The monoisotopic (exact) mass is 329 g/mol. The third-order valence-electron chi connectivity index (χ3n) is 4.60. The van der Waals surface area contributed by atoms with E-state index in [-0.39, 0.29) is 5.91 Å². The van der Waals surface area contributed by atoms with Gasteiger partial charge in [0, 0.05) is 39.3 Å². The molecule has 4 nitrogen and oxygen atoms in total. The Bertz CT molecular complexity index is 364. The van der Waals surface area contributed by atoms with Crippen LogP contribution in [-0.2, 0) is 4.79 Å². The lowest BCUT2D eigenvalue weighted by Gasteiger charge is -2.34. The molecule has 0 aromatic carbocycles. The number of thiocarbonyl (C=S) groups is 1. The van der Waals surface area contributed by atoms with Crippen molar-refractivity contribution in [3.8, 4) is 0 Å². The third kappa shape index (κ3) is 5.11. The van der Waals surface area contributed by atoms with Crippen molar-refractivity contribution < 1.29 is 4.79 Å². The number of carbonyl (C=O) groups excluding carboxylic acids is 1. The Morgan fingerprint density at radius 2 is 1.81 bits per heavy atom. The number of hydrogen-bond acceptors (Lipinski definition) is 4. The van der Waals surface area contributed by atoms with Crippen LogP contribution in [0.3, 0.4) is 0 Å². The molecule has 0 aromatic rings. The van der Waals surface area contributed by atoms with E-state index in [0.717, 1.165) is 43.3 Å². The van der Waals surface area contributed by atoms with Gasteiger partial charge in [-0.1, -0.05) is 43.2 Å². The number of likely N-dealkylation sites (N-methyl/N-ethyl adjacent to an activating group) is 1. The highest BCUT2D eigenvalue weighted by Crippen LogP contribution is 2.22. The van der Waals surface area contributed by atoms with Crippen molar-refractivity contribution >= 4 is 34.2 Å². The molecule has 0 radical (unpaired) electrons. The minimum atomic E-state index is 0.225. The lowest BCUT2D eigenvalue weighted by Crippen LogP contribution is -2.46. The molecule has 0 N–H and O–H groups in total. The Hall–Kier alpha value is -0.330. The van der Waals surface area contributed by atoms with Crippen molar-refractivity contribution in [1.82, 2.24) is 14.7 Å². The first-order valence-electron chi connectivity index (χ1n) is 7.94. The number of thioether (sulfide) groups is 1. The molecular formula is C15H27N3OS2. The topological polar surface area (TPSA) is 26.8 Å². The maximum absolute atomic E-state index is 12.3. The van der Waals surface area contributed by atoms with E-state index >= 15 is 0 Å². The van der Waals surface area contributed by atoms with Crippen LogP contribution >= 0.6 is 24.0 Å². The SMILES string of the molecule is CN1CCN(C(=S)SCC(=O)N(C)C2CCCCC2)CC1. The Morgan fingerprint density at radius 3 is 2.43 bits per heavy atom. The fourth-order valence-electron chi connectivity index (χ4n) is 2.98. The average Bonchev–Trinajstić information content (AvgIpc) is 2.53. The van der Waals surface area contributed by atoms with E-state index < -0.39 is 0 Å². The van der Waals surface area contributed by atoms with Crippen LogP contribution in [0.1, 0.15) is 32.1 Å². The van der Waals surface area contributed by atoms with Crippen LogP contribution in [0.15, 0.2) is 0 Å². The molecule has 2 rings (SSSR count). The van der Waals surface area contributed by atoms with Crippen LogP contribution in [0.2, 0.25) is 0 Å². The largest absolute Gasteiger partial charge is 0.355 e. The quantitative estimate of drug-likeness (QED) is 0.739. The molecule has 0 spiro atoms. The van der Waals surface area contributed by atoms with Gasteiger partial charge in [-0.25, -0.2) is 0 Å². The standard InChI is InChI=1S/C15H27N3OS2/c1-16-8-10-18(11-9-16)15(20)21-12-14(19)17(2)13-6-4-3-5-7-13/h13H,3-12H2,1-2H3. The van der Waals surface area contributed by atoms with Gasteiger partial charge in [-0.2, -0.15) is 0 Å². The Balaban J connectivity index is 1.71. The summed E-state index contributed by atoms with van der Waals surface area (Å²) in [5.74, 6) is 0.710. The maximum atomic E-state index is 12.3. The van der Waals surface area contributed by atoms with Crippen molar-refractivity contribution in [2.75, 3.05) is 46.0 Å². The van der Waals surface area contributed by atoms with Gasteiger partial charge in [-0.3, -0.25) is 4.79 Å². The van der Waals surface area contributed by atoms with Gasteiger partial charge in [-0.05, 0) is 19.9 Å². The number of nitrogens with zero attached hydrogens (tertiary/aromatic N) is 3. The summed E-state index contributed by atoms with van der Waals surface area (Å²) >= 11 is 7.01. The molecule has 2 aliphatic rings. The third-order valence-corrected chi connectivity index (χ3v) is 6.10. The molecule has 1 aliphatic heterocycles. The van der Waals surface area contributed by atoms with Gasteiger partial charge in [-0.15, -0.1) is 0 Å². The highest BCUT2D eigenvalue weighted by molar-refractivity contribution is 8.23. The normalized spacial score (nSPS) is 21.3. The highest BCUT2D eigenvalue weighted by atomic mass is 32.2. The Kier molecular flexibility index (Phi) is 6.76. The van der Waals surface area contributed by atoms with Gasteiger partial charge in [0.25, 0.3) is 0 Å². The van der Waals surface area contributed by atoms with Crippen molar-refractivity contribution in [3.05, 3.63) is 0 Å². The van der Waals surface area contributed by atoms with E-state index in [9.17, 15) is 4.79 Å². The second-order valence-corrected chi connectivity index (χ2v) is 7.75. The van der Waals surface area contributed by atoms with Crippen LogP contribution in [-0.4, -0.2) is 77.0 Å². The minimum Gasteiger partial charge on any atom is -0.355 e. The lowest BCUT2D eigenvalue weighted by molar-refractivity contribution is -0.129. The number of piperazine rings is 1. The number of hydrogen-bond donors (Lipinski definition) is 0. The molecule has 0 atom stereocenters. The summed E-state index contributed by atoms with van der Waals surface area (Å²) in [5.41, 5.74) is 0.